The molecule has 0 saturated carbocycles. The van der Waals surface area contributed by atoms with Gasteiger partial charge in [-0.3, -0.25) is 0 Å². The molecule has 0 saturated heterocycles. The minimum atomic E-state index is -0.483. The Bertz CT molecular complexity index is 616. The molecule has 0 aromatic heterocycles. The molecular formula is C16H16Cl2FNO. The minimum absolute atomic E-state index is 0.0179. The zero-order chi connectivity index (χ0) is 15.4. The quantitative estimate of drug-likeness (QED) is 0.770. The molecule has 0 aliphatic heterocycles. The highest BCUT2D eigenvalue weighted by molar-refractivity contribution is 6.35. The average molecular weight is 328 g/mol. The lowest BCUT2D eigenvalue weighted by Crippen LogP contribution is -2.08. The summed E-state index contributed by atoms with van der Waals surface area (Å²) in [7, 11) is 0. The van der Waals surface area contributed by atoms with Crippen LogP contribution in [0.1, 0.15) is 24.1 Å². The number of rotatable bonds is 5. The maximum atomic E-state index is 13.6. The Balaban J connectivity index is 2.14. The molecular weight excluding hydrogens is 312 g/mol. The van der Waals surface area contributed by atoms with E-state index in [2.05, 4.69) is 5.32 Å². The van der Waals surface area contributed by atoms with Crippen LogP contribution in [0.3, 0.4) is 0 Å². The van der Waals surface area contributed by atoms with Crippen molar-refractivity contribution in [2.75, 3.05) is 11.9 Å². The van der Waals surface area contributed by atoms with E-state index in [1.54, 1.807) is 0 Å². The van der Waals surface area contributed by atoms with Gasteiger partial charge in [0.15, 0.2) is 0 Å². The third-order valence-electron chi connectivity index (χ3n) is 3.24. The van der Waals surface area contributed by atoms with E-state index in [1.807, 2.05) is 31.2 Å². The smallest absolute Gasteiger partial charge is 0.142 e. The highest BCUT2D eigenvalue weighted by atomic mass is 35.5. The summed E-state index contributed by atoms with van der Waals surface area (Å²) >= 11 is 11.8. The second kappa shape index (κ2) is 7.12. The topological polar surface area (TPSA) is 32.3 Å². The van der Waals surface area contributed by atoms with Gasteiger partial charge in [0.25, 0.3) is 0 Å². The van der Waals surface area contributed by atoms with Gasteiger partial charge in [-0.1, -0.05) is 35.3 Å². The van der Waals surface area contributed by atoms with Gasteiger partial charge >= 0.3 is 0 Å². The zero-order valence-corrected chi connectivity index (χ0v) is 13.0. The molecule has 0 amide bonds. The summed E-state index contributed by atoms with van der Waals surface area (Å²) in [5.41, 5.74) is 2.61. The molecule has 2 nitrogen and oxygen atoms in total. The van der Waals surface area contributed by atoms with Crippen molar-refractivity contribution in [3.63, 3.8) is 0 Å². The Morgan fingerprint density at radius 2 is 1.81 bits per heavy atom. The number of anilines is 1. The van der Waals surface area contributed by atoms with Crippen molar-refractivity contribution in [3.8, 4) is 0 Å². The maximum Gasteiger partial charge on any atom is 0.142 e. The Labute approximate surface area is 133 Å². The van der Waals surface area contributed by atoms with Gasteiger partial charge in [0.1, 0.15) is 5.82 Å². The van der Waals surface area contributed by atoms with Crippen molar-refractivity contribution in [1.82, 2.24) is 0 Å². The molecule has 0 heterocycles. The monoisotopic (exact) mass is 327 g/mol. The fraction of sp³-hybridized carbons (Fsp3) is 0.250. The first-order valence-electron chi connectivity index (χ1n) is 6.62. The van der Waals surface area contributed by atoms with Crippen LogP contribution >= 0.6 is 23.2 Å². The Kier molecular flexibility index (Phi) is 5.45. The number of aliphatic hydroxyl groups is 1. The van der Waals surface area contributed by atoms with Gasteiger partial charge in [0, 0.05) is 17.3 Å². The molecule has 0 spiro atoms. The largest absolute Gasteiger partial charge is 0.396 e. The van der Waals surface area contributed by atoms with E-state index < -0.39 is 5.82 Å². The van der Waals surface area contributed by atoms with E-state index in [9.17, 15) is 4.39 Å². The molecule has 1 unspecified atom stereocenters. The predicted molar refractivity (Wildman–Crippen MR) is 85.7 cm³/mol. The van der Waals surface area contributed by atoms with Crippen LogP contribution in [0.4, 0.5) is 10.1 Å². The predicted octanol–water partition coefficient (Wildman–Crippen LogP) is 4.84. The van der Waals surface area contributed by atoms with Crippen molar-refractivity contribution in [2.45, 2.75) is 19.4 Å². The van der Waals surface area contributed by atoms with Gasteiger partial charge in [-0.25, -0.2) is 4.39 Å². The highest BCUT2D eigenvalue weighted by Crippen LogP contribution is 2.30. The van der Waals surface area contributed by atoms with Crippen molar-refractivity contribution in [2.24, 2.45) is 0 Å². The van der Waals surface area contributed by atoms with Crippen LogP contribution in [0.25, 0.3) is 0 Å². The molecule has 0 aliphatic rings. The highest BCUT2D eigenvalue weighted by Gasteiger charge is 2.13. The van der Waals surface area contributed by atoms with Gasteiger partial charge in [-0.15, -0.1) is 0 Å². The molecule has 0 bridgehead atoms. The maximum absolute atomic E-state index is 13.6. The SMILES string of the molecule is CC(Nc1ccc(CCO)cc1)c1cc(F)c(Cl)cc1Cl. The molecule has 0 aliphatic carbocycles. The van der Waals surface area contributed by atoms with Gasteiger partial charge in [0.2, 0.25) is 0 Å². The van der Waals surface area contributed by atoms with Crippen LogP contribution in [-0.2, 0) is 6.42 Å². The fourth-order valence-corrected chi connectivity index (χ4v) is 2.64. The number of hydrogen-bond acceptors (Lipinski definition) is 2. The summed E-state index contributed by atoms with van der Waals surface area (Å²) in [6.07, 6.45) is 0.629. The third kappa shape index (κ3) is 4.10. The van der Waals surface area contributed by atoms with Crippen LogP contribution in [0.5, 0.6) is 0 Å². The molecule has 1 atom stereocenters. The zero-order valence-electron chi connectivity index (χ0n) is 11.5. The molecule has 0 fully saturated rings. The first kappa shape index (κ1) is 16.1. The van der Waals surface area contributed by atoms with Crippen molar-refractivity contribution < 1.29 is 9.50 Å². The minimum Gasteiger partial charge on any atom is -0.396 e. The molecule has 5 heteroatoms. The van der Waals surface area contributed by atoms with E-state index >= 15 is 0 Å². The standard InChI is InChI=1S/C16H16Cl2FNO/c1-10(13-8-16(19)15(18)9-14(13)17)20-12-4-2-11(3-5-12)6-7-21/h2-5,8-10,20-21H,6-7H2,1H3. The van der Waals surface area contributed by atoms with Crippen LogP contribution in [0.2, 0.25) is 10.0 Å². The summed E-state index contributed by atoms with van der Waals surface area (Å²) in [4.78, 5) is 0. The average Bonchev–Trinajstić information content (AvgIpc) is 2.45. The number of benzene rings is 2. The Hall–Kier alpha value is -1.29. The van der Waals surface area contributed by atoms with Crippen molar-refractivity contribution >= 4 is 28.9 Å². The molecule has 2 aromatic rings. The lowest BCUT2D eigenvalue weighted by Gasteiger charge is -2.18. The van der Waals surface area contributed by atoms with Crippen LogP contribution < -0.4 is 5.32 Å². The number of aliphatic hydroxyl groups excluding tert-OH is 1. The van der Waals surface area contributed by atoms with E-state index in [1.165, 1.54) is 12.1 Å². The number of hydrogen-bond donors (Lipinski definition) is 2. The van der Waals surface area contributed by atoms with Gasteiger partial charge in [-0.2, -0.15) is 0 Å². The molecule has 2 aromatic carbocycles. The summed E-state index contributed by atoms with van der Waals surface area (Å²) in [5.74, 6) is -0.483. The van der Waals surface area contributed by atoms with Crippen LogP contribution in [-0.4, -0.2) is 11.7 Å². The van der Waals surface area contributed by atoms with E-state index in [0.29, 0.717) is 17.0 Å². The molecule has 112 valence electrons. The molecule has 21 heavy (non-hydrogen) atoms. The summed E-state index contributed by atoms with van der Waals surface area (Å²) in [5, 5.41) is 12.6. The van der Waals surface area contributed by atoms with E-state index in [4.69, 9.17) is 28.3 Å². The summed E-state index contributed by atoms with van der Waals surface area (Å²) < 4.78 is 13.6. The second-order valence-electron chi connectivity index (χ2n) is 4.82. The molecule has 0 radical (unpaired) electrons. The normalized spacial score (nSPS) is 12.2. The first-order valence-corrected chi connectivity index (χ1v) is 7.37. The summed E-state index contributed by atoms with van der Waals surface area (Å²) in [6, 6.07) is 10.3. The van der Waals surface area contributed by atoms with Crippen LogP contribution in [0, 0.1) is 5.82 Å². The molecule has 2 rings (SSSR count). The van der Waals surface area contributed by atoms with E-state index in [-0.39, 0.29) is 17.7 Å². The van der Waals surface area contributed by atoms with Gasteiger partial charge in [-0.05, 0) is 48.7 Å². The fourth-order valence-electron chi connectivity index (χ4n) is 2.09. The third-order valence-corrected chi connectivity index (χ3v) is 3.86. The number of halogens is 3. The number of nitrogens with one attached hydrogen (secondary N) is 1. The second-order valence-corrected chi connectivity index (χ2v) is 5.64. The van der Waals surface area contributed by atoms with Crippen LogP contribution in [0.15, 0.2) is 36.4 Å². The lowest BCUT2D eigenvalue weighted by molar-refractivity contribution is 0.299. The van der Waals surface area contributed by atoms with Crippen molar-refractivity contribution in [1.29, 1.82) is 0 Å². The Morgan fingerprint density at radius 1 is 1.14 bits per heavy atom. The summed E-state index contributed by atoms with van der Waals surface area (Å²) in [6.45, 7) is 2.03. The lowest BCUT2D eigenvalue weighted by atomic mass is 10.1. The molecule has 2 N–H and O–H groups in total. The van der Waals surface area contributed by atoms with Crippen molar-refractivity contribution in [3.05, 3.63) is 63.4 Å². The van der Waals surface area contributed by atoms with E-state index in [0.717, 1.165) is 11.3 Å². The Morgan fingerprint density at radius 3 is 2.43 bits per heavy atom. The van der Waals surface area contributed by atoms with Gasteiger partial charge < -0.3 is 10.4 Å². The van der Waals surface area contributed by atoms with Gasteiger partial charge in [0.05, 0.1) is 11.1 Å². The first-order chi connectivity index (χ1) is 10.0.